The number of hydrogen-bond acceptors (Lipinski definition) is 4. The van der Waals surface area contributed by atoms with Crippen LogP contribution in [-0.4, -0.2) is 20.6 Å². The fourth-order valence-corrected chi connectivity index (χ4v) is 2.11. The van der Waals surface area contributed by atoms with Crippen LogP contribution < -0.4 is 4.90 Å². The summed E-state index contributed by atoms with van der Waals surface area (Å²) in [5.74, 6) is 0.379. The van der Waals surface area contributed by atoms with Crippen molar-refractivity contribution in [2.24, 2.45) is 0 Å². The van der Waals surface area contributed by atoms with Crippen molar-refractivity contribution in [3.8, 4) is 0 Å². The number of hydrogen-bond donors (Lipinski definition) is 1. The molecule has 21 heavy (non-hydrogen) atoms. The maximum Gasteiger partial charge on any atom is 0.193 e. The van der Waals surface area contributed by atoms with Crippen molar-refractivity contribution >= 4 is 5.69 Å². The van der Waals surface area contributed by atoms with Gasteiger partial charge in [-0.2, -0.15) is 5.21 Å². The molecule has 0 aliphatic carbocycles. The molecule has 0 radical (unpaired) electrons. The van der Waals surface area contributed by atoms with Gasteiger partial charge in [-0.25, -0.2) is 4.39 Å². The first-order valence-corrected chi connectivity index (χ1v) is 6.58. The van der Waals surface area contributed by atoms with Gasteiger partial charge in [-0.05, 0) is 29.8 Å². The zero-order chi connectivity index (χ0) is 14.5. The third-order valence-electron chi connectivity index (χ3n) is 3.13. The van der Waals surface area contributed by atoms with E-state index in [1.807, 2.05) is 30.3 Å². The number of nitrogens with zero attached hydrogens (tertiary/aromatic N) is 4. The van der Waals surface area contributed by atoms with E-state index in [2.05, 4.69) is 25.5 Å². The molecule has 0 aliphatic heterocycles. The normalized spacial score (nSPS) is 10.5. The van der Waals surface area contributed by atoms with Crippen LogP contribution in [0.5, 0.6) is 0 Å². The Kier molecular flexibility index (Phi) is 3.86. The molecule has 0 atom stereocenters. The molecule has 0 saturated heterocycles. The highest BCUT2D eigenvalue weighted by Gasteiger charge is 2.11. The third-order valence-corrected chi connectivity index (χ3v) is 3.13. The van der Waals surface area contributed by atoms with Crippen molar-refractivity contribution in [3.63, 3.8) is 0 Å². The summed E-state index contributed by atoms with van der Waals surface area (Å²) in [4.78, 5) is 2.11. The van der Waals surface area contributed by atoms with Gasteiger partial charge in [0.15, 0.2) is 5.82 Å². The maximum absolute atomic E-state index is 13.0. The summed E-state index contributed by atoms with van der Waals surface area (Å²) < 4.78 is 13.0. The van der Waals surface area contributed by atoms with Crippen LogP contribution >= 0.6 is 0 Å². The summed E-state index contributed by atoms with van der Waals surface area (Å²) >= 11 is 0. The van der Waals surface area contributed by atoms with Crippen LogP contribution in [0.1, 0.15) is 11.4 Å². The average Bonchev–Trinajstić information content (AvgIpc) is 3.03. The third kappa shape index (κ3) is 3.42. The zero-order valence-corrected chi connectivity index (χ0v) is 11.3. The molecule has 1 aromatic heterocycles. The summed E-state index contributed by atoms with van der Waals surface area (Å²) in [6.45, 7) is 1.16. The van der Waals surface area contributed by atoms with Gasteiger partial charge in [0.25, 0.3) is 0 Å². The number of rotatable bonds is 5. The minimum Gasteiger partial charge on any atom is -0.360 e. The number of aromatic amines is 1. The van der Waals surface area contributed by atoms with Crippen molar-refractivity contribution in [2.75, 3.05) is 4.90 Å². The van der Waals surface area contributed by atoms with Gasteiger partial charge in [0.1, 0.15) is 5.82 Å². The molecule has 3 aromatic rings. The Morgan fingerprint density at radius 2 is 1.71 bits per heavy atom. The first kappa shape index (κ1) is 13.2. The number of nitrogens with one attached hydrogen (secondary N) is 1. The lowest BCUT2D eigenvalue weighted by molar-refractivity contribution is 0.626. The quantitative estimate of drug-likeness (QED) is 0.781. The van der Waals surface area contributed by atoms with Gasteiger partial charge in [0, 0.05) is 12.2 Å². The van der Waals surface area contributed by atoms with Gasteiger partial charge in [-0.1, -0.05) is 35.5 Å². The first-order chi connectivity index (χ1) is 10.3. The molecule has 0 fully saturated rings. The highest BCUT2D eigenvalue weighted by molar-refractivity contribution is 5.46. The summed E-state index contributed by atoms with van der Waals surface area (Å²) in [5, 5.41) is 14.0. The van der Waals surface area contributed by atoms with E-state index in [0.29, 0.717) is 18.9 Å². The van der Waals surface area contributed by atoms with Gasteiger partial charge in [-0.3, -0.25) is 0 Å². The van der Waals surface area contributed by atoms with E-state index in [1.54, 1.807) is 12.1 Å². The molecular weight excluding hydrogens is 269 g/mol. The number of para-hydroxylation sites is 1. The molecule has 0 amide bonds. The summed E-state index contributed by atoms with van der Waals surface area (Å²) in [7, 11) is 0. The topological polar surface area (TPSA) is 57.7 Å². The minimum absolute atomic E-state index is 0.233. The molecule has 0 spiro atoms. The van der Waals surface area contributed by atoms with Crippen molar-refractivity contribution in [3.05, 3.63) is 71.8 Å². The van der Waals surface area contributed by atoms with E-state index in [4.69, 9.17) is 0 Å². The Morgan fingerprint density at radius 3 is 2.38 bits per heavy atom. The van der Waals surface area contributed by atoms with E-state index >= 15 is 0 Å². The van der Waals surface area contributed by atoms with Gasteiger partial charge >= 0.3 is 0 Å². The van der Waals surface area contributed by atoms with E-state index in [0.717, 1.165) is 11.3 Å². The average molecular weight is 283 g/mol. The van der Waals surface area contributed by atoms with E-state index in [9.17, 15) is 4.39 Å². The van der Waals surface area contributed by atoms with Crippen LogP contribution in [0.25, 0.3) is 0 Å². The fourth-order valence-electron chi connectivity index (χ4n) is 2.11. The van der Waals surface area contributed by atoms with Crippen molar-refractivity contribution < 1.29 is 4.39 Å². The van der Waals surface area contributed by atoms with Crippen LogP contribution in [0.15, 0.2) is 54.6 Å². The first-order valence-electron chi connectivity index (χ1n) is 6.58. The number of benzene rings is 2. The van der Waals surface area contributed by atoms with E-state index in [1.165, 1.54) is 12.1 Å². The predicted molar refractivity (Wildman–Crippen MR) is 76.9 cm³/mol. The molecule has 106 valence electrons. The second-order valence-corrected chi connectivity index (χ2v) is 4.65. The SMILES string of the molecule is Fc1ccc(CN(Cc2nn[nH]n2)c2ccccc2)cc1. The zero-order valence-electron chi connectivity index (χ0n) is 11.3. The second kappa shape index (κ2) is 6.13. The van der Waals surface area contributed by atoms with Crippen LogP contribution in [0.3, 0.4) is 0 Å². The van der Waals surface area contributed by atoms with Crippen LogP contribution in [-0.2, 0) is 13.1 Å². The van der Waals surface area contributed by atoms with Gasteiger partial charge in [-0.15, -0.1) is 10.2 Å². The van der Waals surface area contributed by atoms with Crippen molar-refractivity contribution in [2.45, 2.75) is 13.1 Å². The van der Waals surface area contributed by atoms with Gasteiger partial charge < -0.3 is 4.90 Å². The standard InChI is InChI=1S/C15H14FN5/c16-13-8-6-12(7-9-13)10-21(11-15-17-19-20-18-15)14-4-2-1-3-5-14/h1-9H,10-11H2,(H,17,18,19,20). The Morgan fingerprint density at radius 1 is 0.952 bits per heavy atom. The number of halogens is 1. The number of anilines is 1. The second-order valence-electron chi connectivity index (χ2n) is 4.65. The van der Waals surface area contributed by atoms with Crippen LogP contribution in [0.2, 0.25) is 0 Å². The minimum atomic E-state index is -0.233. The summed E-state index contributed by atoms with van der Waals surface area (Å²) in [6.07, 6.45) is 0. The molecule has 1 N–H and O–H groups in total. The van der Waals surface area contributed by atoms with Gasteiger partial charge in [0.05, 0.1) is 6.54 Å². The largest absolute Gasteiger partial charge is 0.360 e. The molecule has 0 aliphatic rings. The lowest BCUT2D eigenvalue weighted by Crippen LogP contribution is -2.22. The fraction of sp³-hybridized carbons (Fsp3) is 0.133. The number of aromatic nitrogens is 4. The summed E-state index contributed by atoms with van der Waals surface area (Å²) in [5.41, 5.74) is 2.07. The van der Waals surface area contributed by atoms with Crippen LogP contribution in [0, 0.1) is 5.82 Å². The summed E-state index contributed by atoms with van der Waals surface area (Å²) in [6, 6.07) is 16.4. The molecule has 2 aromatic carbocycles. The van der Waals surface area contributed by atoms with Gasteiger partial charge in [0.2, 0.25) is 0 Å². The predicted octanol–water partition coefficient (Wildman–Crippen LogP) is 2.55. The smallest absolute Gasteiger partial charge is 0.193 e. The Balaban J connectivity index is 1.83. The molecule has 5 nitrogen and oxygen atoms in total. The number of H-pyrrole nitrogens is 1. The monoisotopic (exact) mass is 283 g/mol. The molecule has 1 heterocycles. The van der Waals surface area contributed by atoms with E-state index < -0.39 is 0 Å². The van der Waals surface area contributed by atoms with Crippen LogP contribution in [0.4, 0.5) is 10.1 Å². The molecule has 0 unspecified atom stereocenters. The highest BCUT2D eigenvalue weighted by Crippen LogP contribution is 2.18. The van der Waals surface area contributed by atoms with E-state index in [-0.39, 0.29) is 5.82 Å². The molecule has 3 rings (SSSR count). The highest BCUT2D eigenvalue weighted by atomic mass is 19.1. The van der Waals surface area contributed by atoms with Crippen molar-refractivity contribution in [1.29, 1.82) is 0 Å². The Labute approximate surface area is 121 Å². The molecule has 0 bridgehead atoms. The Bertz CT molecular complexity index is 667. The molecule has 6 heteroatoms. The molecule has 0 saturated carbocycles. The lowest BCUT2D eigenvalue weighted by Gasteiger charge is -2.23. The maximum atomic E-state index is 13.0. The Hall–Kier alpha value is -2.76. The van der Waals surface area contributed by atoms with Crippen molar-refractivity contribution in [1.82, 2.24) is 20.6 Å². The lowest BCUT2D eigenvalue weighted by atomic mass is 10.2. The molecular formula is C15H14FN5. The number of tetrazole rings is 1.